The minimum absolute atomic E-state index is 0.0495. The Labute approximate surface area is 171 Å². The summed E-state index contributed by atoms with van der Waals surface area (Å²) in [7, 11) is 0. The number of benzene rings is 2. The first-order valence-corrected chi connectivity index (χ1v) is 9.50. The fourth-order valence-corrected chi connectivity index (χ4v) is 3.63. The van der Waals surface area contributed by atoms with Crippen molar-refractivity contribution in [3.05, 3.63) is 76.6 Å². The van der Waals surface area contributed by atoms with Gasteiger partial charge in [-0.3, -0.25) is 4.79 Å². The van der Waals surface area contributed by atoms with Gasteiger partial charge in [-0.05, 0) is 42.7 Å². The Bertz CT molecular complexity index is 1080. The van der Waals surface area contributed by atoms with Gasteiger partial charge in [-0.15, -0.1) is 13.2 Å². The SMILES string of the molecule is Cc1ccc(C2NC(=O)c3c2c(C(C)C)nn3-c2ccc(OC(F)(F)F)cc2)cc1. The molecule has 4 rings (SSSR count). The summed E-state index contributed by atoms with van der Waals surface area (Å²) >= 11 is 0. The van der Waals surface area contributed by atoms with Gasteiger partial charge < -0.3 is 10.1 Å². The van der Waals surface area contributed by atoms with E-state index in [9.17, 15) is 18.0 Å². The number of carbonyl (C=O) groups is 1. The zero-order valence-electron chi connectivity index (χ0n) is 16.6. The fraction of sp³-hybridized carbons (Fsp3) is 0.273. The van der Waals surface area contributed by atoms with Crippen molar-refractivity contribution in [2.75, 3.05) is 0 Å². The molecule has 0 bridgehead atoms. The Hall–Kier alpha value is -3.29. The van der Waals surface area contributed by atoms with Crippen molar-refractivity contribution in [1.82, 2.24) is 15.1 Å². The van der Waals surface area contributed by atoms with E-state index in [-0.39, 0.29) is 23.6 Å². The van der Waals surface area contributed by atoms with Crippen LogP contribution in [0.1, 0.15) is 58.7 Å². The standard InChI is InChI=1S/C22H20F3N3O2/c1-12(2)18-17-19(14-6-4-13(3)5-7-14)26-21(29)20(17)28(27-18)15-8-10-16(11-9-15)30-22(23,24)25/h4-12,19H,1-3H3,(H,26,29). The maximum absolute atomic E-state index is 12.9. The number of nitrogens with zero attached hydrogens (tertiary/aromatic N) is 2. The molecule has 0 spiro atoms. The van der Waals surface area contributed by atoms with Crippen LogP contribution < -0.4 is 10.1 Å². The first-order valence-electron chi connectivity index (χ1n) is 9.50. The molecule has 1 unspecified atom stereocenters. The molecule has 1 aliphatic heterocycles. The van der Waals surface area contributed by atoms with Crippen molar-refractivity contribution in [2.45, 2.75) is 39.1 Å². The quantitative estimate of drug-likeness (QED) is 0.650. The van der Waals surface area contributed by atoms with Gasteiger partial charge in [-0.2, -0.15) is 5.10 Å². The van der Waals surface area contributed by atoms with Crippen LogP contribution in [0.4, 0.5) is 13.2 Å². The molecule has 1 N–H and O–H groups in total. The third-order valence-electron chi connectivity index (χ3n) is 5.00. The molecule has 1 aromatic heterocycles. The smallest absolute Gasteiger partial charge is 0.406 e. The number of halogens is 3. The molecule has 1 atom stereocenters. The molecule has 30 heavy (non-hydrogen) atoms. The molecule has 0 saturated carbocycles. The monoisotopic (exact) mass is 415 g/mol. The van der Waals surface area contributed by atoms with E-state index in [2.05, 4.69) is 15.2 Å². The largest absolute Gasteiger partial charge is 0.573 e. The van der Waals surface area contributed by atoms with E-state index >= 15 is 0 Å². The minimum atomic E-state index is -4.76. The Morgan fingerprint density at radius 3 is 2.27 bits per heavy atom. The van der Waals surface area contributed by atoms with Crippen LogP contribution in [-0.2, 0) is 0 Å². The molecule has 0 radical (unpaired) electrons. The van der Waals surface area contributed by atoms with E-state index in [1.165, 1.54) is 28.9 Å². The van der Waals surface area contributed by atoms with Crippen molar-refractivity contribution < 1.29 is 22.7 Å². The van der Waals surface area contributed by atoms with Crippen LogP contribution in [0.5, 0.6) is 5.75 Å². The first-order chi connectivity index (χ1) is 14.1. The lowest BCUT2D eigenvalue weighted by Crippen LogP contribution is -2.23. The Balaban J connectivity index is 1.78. The van der Waals surface area contributed by atoms with Crippen LogP contribution in [0.3, 0.4) is 0 Å². The number of hydrogen-bond acceptors (Lipinski definition) is 3. The molecule has 0 saturated heterocycles. The maximum Gasteiger partial charge on any atom is 0.573 e. The predicted octanol–water partition coefficient (Wildman–Crippen LogP) is 5.04. The summed E-state index contributed by atoms with van der Waals surface area (Å²) in [4.78, 5) is 12.9. The molecule has 8 heteroatoms. The normalized spacial score (nSPS) is 16.0. The lowest BCUT2D eigenvalue weighted by Gasteiger charge is -2.14. The van der Waals surface area contributed by atoms with E-state index in [1.54, 1.807) is 0 Å². The molecular formula is C22H20F3N3O2. The molecule has 0 aliphatic carbocycles. The molecule has 156 valence electrons. The summed E-state index contributed by atoms with van der Waals surface area (Å²) < 4.78 is 42.7. The van der Waals surface area contributed by atoms with Crippen LogP contribution in [0.2, 0.25) is 0 Å². The van der Waals surface area contributed by atoms with Crippen molar-refractivity contribution in [2.24, 2.45) is 0 Å². The van der Waals surface area contributed by atoms with Gasteiger partial charge in [0.1, 0.15) is 11.4 Å². The number of fused-ring (bicyclic) bond motifs is 1. The third kappa shape index (κ3) is 3.65. The lowest BCUT2D eigenvalue weighted by atomic mass is 9.95. The lowest BCUT2D eigenvalue weighted by molar-refractivity contribution is -0.274. The number of ether oxygens (including phenoxy) is 1. The average Bonchev–Trinajstić information content (AvgIpc) is 3.21. The van der Waals surface area contributed by atoms with Gasteiger partial charge in [0, 0.05) is 5.56 Å². The highest BCUT2D eigenvalue weighted by molar-refractivity contribution is 5.99. The van der Waals surface area contributed by atoms with Gasteiger partial charge in [0.15, 0.2) is 0 Å². The van der Waals surface area contributed by atoms with Gasteiger partial charge in [0.05, 0.1) is 17.4 Å². The molecule has 5 nitrogen and oxygen atoms in total. The average molecular weight is 415 g/mol. The topological polar surface area (TPSA) is 56.2 Å². The van der Waals surface area contributed by atoms with Crippen LogP contribution >= 0.6 is 0 Å². The second-order valence-corrected chi connectivity index (χ2v) is 7.57. The molecule has 2 heterocycles. The number of amides is 1. The van der Waals surface area contributed by atoms with Gasteiger partial charge in [0.2, 0.25) is 0 Å². The number of rotatable bonds is 4. The number of carbonyl (C=O) groups excluding carboxylic acids is 1. The highest BCUT2D eigenvalue weighted by Gasteiger charge is 2.38. The number of alkyl halides is 3. The number of nitrogens with one attached hydrogen (secondary N) is 1. The summed E-state index contributed by atoms with van der Waals surface area (Å²) in [6, 6.07) is 12.9. The van der Waals surface area contributed by atoms with Gasteiger partial charge in [-0.25, -0.2) is 4.68 Å². The highest BCUT2D eigenvalue weighted by Crippen LogP contribution is 2.38. The maximum atomic E-state index is 12.9. The first kappa shape index (κ1) is 20.0. The van der Waals surface area contributed by atoms with Crippen molar-refractivity contribution in [3.8, 4) is 11.4 Å². The second kappa shape index (κ2) is 7.19. The van der Waals surface area contributed by atoms with Crippen molar-refractivity contribution >= 4 is 5.91 Å². The summed E-state index contributed by atoms with van der Waals surface area (Å²) in [5.41, 5.74) is 4.51. The number of aryl methyl sites for hydroxylation is 1. The van der Waals surface area contributed by atoms with Crippen molar-refractivity contribution in [3.63, 3.8) is 0 Å². The van der Waals surface area contributed by atoms with E-state index in [0.29, 0.717) is 11.4 Å². The third-order valence-corrected chi connectivity index (χ3v) is 5.00. The predicted molar refractivity (Wildman–Crippen MR) is 105 cm³/mol. The summed E-state index contributed by atoms with van der Waals surface area (Å²) in [6.45, 7) is 5.97. The molecule has 1 amide bonds. The minimum Gasteiger partial charge on any atom is -0.406 e. The summed E-state index contributed by atoms with van der Waals surface area (Å²) in [6.07, 6.45) is -4.76. The van der Waals surface area contributed by atoms with Crippen LogP contribution in [0.25, 0.3) is 5.69 Å². The summed E-state index contributed by atoms with van der Waals surface area (Å²) in [5.74, 6) is -0.555. The fourth-order valence-electron chi connectivity index (χ4n) is 3.63. The Morgan fingerprint density at radius 1 is 1.07 bits per heavy atom. The highest BCUT2D eigenvalue weighted by atomic mass is 19.4. The second-order valence-electron chi connectivity index (χ2n) is 7.57. The van der Waals surface area contributed by atoms with E-state index in [0.717, 1.165) is 22.4 Å². The van der Waals surface area contributed by atoms with Crippen LogP contribution in [0, 0.1) is 6.92 Å². The summed E-state index contributed by atoms with van der Waals surface area (Å²) in [5, 5.41) is 7.65. The zero-order chi connectivity index (χ0) is 21.6. The van der Waals surface area contributed by atoms with Crippen LogP contribution in [0.15, 0.2) is 48.5 Å². The van der Waals surface area contributed by atoms with Crippen molar-refractivity contribution in [1.29, 1.82) is 0 Å². The van der Waals surface area contributed by atoms with Gasteiger partial charge in [0.25, 0.3) is 5.91 Å². The van der Waals surface area contributed by atoms with Crippen LogP contribution in [-0.4, -0.2) is 22.1 Å². The van der Waals surface area contributed by atoms with Gasteiger partial charge >= 0.3 is 6.36 Å². The van der Waals surface area contributed by atoms with Gasteiger partial charge in [-0.1, -0.05) is 43.7 Å². The molecule has 2 aromatic carbocycles. The molecule has 3 aromatic rings. The molecule has 0 fully saturated rings. The van der Waals surface area contributed by atoms with E-state index in [4.69, 9.17) is 0 Å². The number of aromatic nitrogens is 2. The molecular weight excluding hydrogens is 395 g/mol. The zero-order valence-corrected chi connectivity index (χ0v) is 16.6. The van der Waals surface area contributed by atoms with E-state index in [1.807, 2.05) is 45.0 Å². The van der Waals surface area contributed by atoms with E-state index < -0.39 is 6.36 Å². The number of hydrogen-bond donors (Lipinski definition) is 1. The Kier molecular flexibility index (Phi) is 4.80. The molecule has 1 aliphatic rings. The Morgan fingerprint density at radius 2 is 1.70 bits per heavy atom.